The zero-order valence-electron chi connectivity index (χ0n) is 13.7. The maximum Gasteiger partial charge on any atom is 0.252 e. The zero-order chi connectivity index (χ0) is 16.9. The van der Waals surface area contributed by atoms with Crippen LogP contribution in [0.15, 0.2) is 47.1 Å². The number of aromatic nitrogens is 1. The number of carbonyl (C=O) groups excluding carboxylic acids is 1. The molecule has 24 heavy (non-hydrogen) atoms. The number of nitrogens with zero attached hydrogens (tertiary/aromatic N) is 3. The molecule has 3 rings (SSSR count). The Bertz CT molecular complexity index is 696. The van der Waals surface area contributed by atoms with Crippen molar-refractivity contribution in [2.75, 3.05) is 38.1 Å². The topological polar surface area (TPSA) is 48.5 Å². The normalized spacial score (nSPS) is 15.3. The lowest BCUT2D eigenvalue weighted by atomic mass is 10.2. The number of hydrogen-bond donors (Lipinski definition) is 1. The lowest BCUT2D eigenvalue weighted by Gasteiger charge is -2.33. The summed E-state index contributed by atoms with van der Waals surface area (Å²) in [6.45, 7) is 4.59. The molecule has 0 atom stereocenters. The molecule has 1 aliphatic rings. The number of hydrogen-bond acceptors (Lipinski definition) is 4. The molecule has 1 aliphatic heterocycles. The summed E-state index contributed by atoms with van der Waals surface area (Å²) in [5, 5.41) is 2.93. The molecular formula is C18H21BrN4O. The summed E-state index contributed by atoms with van der Waals surface area (Å²) in [5.74, 6) is 0.912. The molecule has 2 aromatic rings. The molecule has 5 nitrogen and oxygen atoms in total. The number of rotatable bonds is 4. The monoisotopic (exact) mass is 388 g/mol. The summed E-state index contributed by atoms with van der Waals surface area (Å²) in [6.07, 6.45) is 1.84. The van der Waals surface area contributed by atoms with Crippen LogP contribution in [0.4, 0.5) is 5.82 Å². The second-order valence-electron chi connectivity index (χ2n) is 5.98. The van der Waals surface area contributed by atoms with Crippen LogP contribution in [0.5, 0.6) is 0 Å². The van der Waals surface area contributed by atoms with Crippen molar-refractivity contribution in [3.63, 3.8) is 0 Å². The molecule has 2 heterocycles. The van der Waals surface area contributed by atoms with Gasteiger partial charge in [-0.15, -0.1) is 0 Å². The van der Waals surface area contributed by atoms with Gasteiger partial charge in [-0.1, -0.05) is 18.2 Å². The average Bonchev–Trinajstić information content (AvgIpc) is 2.61. The van der Waals surface area contributed by atoms with Gasteiger partial charge >= 0.3 is 0 Å². The fourth-order valence-corrected chi connectivity index (χ4v) is 3.13. The quantitative estimate of drug-likeness (QED) is 0.873. The van der Waals surface area contributed by atoms with Crippen LogP contribution >= 0.6 is 15.9 Å². The predicted octanol–water partition coefficient (Wildman–Crippen LogP) is 2.53. The van der Waals surface area contributed by atoms with E-state index < -0.39 is 0 Å². The first-order valence-electron chi connectivity index (χ1n) is 8.04. The lowest BCUT2D eigenvalue weighted by molar-refractivity contribution is 0.0950. The molecule has 0 saturated carbocycles. The number of pyridine rings is 1. The van der Waals surface area contributed by atoms with Crippen molar-refractivity contribution in [1.29, 1.82) is 0 Å². The Morgan fingerprint density at radius 2 is 1.92 bits per heavy atom. The molecule has 1 fully saturated rings. The van der Waals surface area contributed by atoms with Crippen molar-refractivity contribution >= 4 is 27.7 Å². The molecule has 1 amide bonds. The summed E-state index contributed by atoms with van der Waals surface area (Å²) in [4.78, 5) is 21.4. The molecule has 1 aromatic carbocycles. The smallest absolute Gasteiger partial charge is 0.252 e. The van der Waals surface area contributed by atoms with Gasteiger partial charge in [0.2, 0.25) is 0 Å². The Labute approximate surface area is 150 Å². The highest BCUT2D eigenvalue weighted by Crippen LogP contribution is 2.16. The zero-order valence-corrected chi connectivity index (χ0v) is 15.3. The number of likely N-dealkylation sites (N-methyl/N-ethyl adjacent to an activating group) is 1. The standard InChI is InChI=1S/C18H21BrN4O/c1-22-8-10-23(11-9-22)17-7-6-14(12-20-17)13-21-18(24)15-4-2-3-5-16(15)19/h2-7,12H,8-11,13H2,1H3,(H,21,24). The van der Waals surface area contributed by atoms with Crippen LogP contribution in [-0.4, -0.2) is 49.0 Å². The minimum atomic E-state index is -0.0920. The van der Waals surface area contributed by atoms with Crippen molar-refractivity contribution in [2.24, 2.45) is 0 Å². The van der Waals surface area contributed by atoms with Gasteiger partial charge in [-0.05, 0) is 46.7 Å². The third-order valence-corrected chi connectivity index (χ3v) is 4.90. The van der Waals surface area contributed by atoms with Gasteiger partial charge in [0.15, 0.2) is 0 Å². The van der Waals surface area contributed by atoms with E-state index >= 15 is 0 Å². The van der Waals surface area contributed by atoms with Gasteiger partial charge in [-0.3, -0.25) is 4.79 Å². The minimum absolute atomic E-state index is 0.0920. The van der Waals surface area contributed by atoms with Crippen LogP contribution in [0, 0.1) is 0 Å². The number of benzene rings is 1. The van der Waals surface area contributed by atoms with E-state index in [1.165, 1.54) is 0 Å². The van der Waals surface area contributed by atoms with Crippen LogP contribution in [0.3, 0.4) is 0 Å². The third kappa shape index (κ3) is 4.13. The van der Waals surface area contributed by atoms with Crippen molar-refractivity contribution in [1.82, 2.24) is 15.2 Å². The molecule has 0 spiro atoms. The van der Waals surface area contributed by atoms with Crippen LogP contribution in [0.1, 0.15) is 15.9 Å². The summed E-state index contributed by atoms with van der Waals surface area (Å²) in [5.41, 5.74) is 1.63. The minimum Gasteiger partial charge on any atom is -0.354 e. The van der Waals surface area contributed by atoms with Gasteiger partial charge < -0.3 is 15.1 Å². The molecule has 6 heteroatoms. The number of carbonyl (C=O) groups is 1. The van der Waals surface area contributed by atoms with E-state index in [0.29, 0.717) is 12.1 Å². The maximum atomic E-state index is 12.2. The second kappa shape index (κ2) is 7.77. The highest BCUT2D eigenvalue weighted by atomic mass is 79.9. The first kappa shape index (κ1) is 16.9. The van der Waals surface area contributed by atoms with Crippen LogP contribution in [0.25, 0.3) is 0 Å². The summed E-state index contributed by atoms with van der Waals surface area (Å²) in [6, 6.07) is 11.5. The predicted molar refractivity (Wildman–Crippen MR) is 99.3 cm³/mol. The molecule has 126 valence electrons. The Morgan fingerprint density at radius 1 is 1.17 bits per heavy atom. The SMILES string of the molecule is CN1CCN(c2ccc(CNC(=O)c3ccccc3Br)cn2)CC1. The highest BCUT2D eigenvalue weighted by Gasteiger charge is 2.15. The first-order chi connectivity index (χ1) is 11.6. The van der Waals surface area contributed by atoms with Crippen LogP contribution < -0.4 is 10.2 Å². The lowest BCUT2D eigenvalue weighted by Crippen LogP contribution is -2.44. The van der Waals surface area contributed by atoms with Gasteiger partial charge in [0.05, 0.1) is 5.56 Å². The number of halogens is 1. The van der Waals surface area contributed by atoms with E-state index in [0.717, 1.165) is 42.0 Å². The molecule has 0 unspecified atom stereocenters. The van der Waals surface area contributed by atoms with Crippen molar-refractivity contribution in [3.8, 4) is 0 Å². The molecule has 0 radical (unpaired) electrons. The van der Waals surface area contributed by atoms with Crippen LogP contribution in [-0.2, 0) is 6.54 Å². The Hall–Kier alpha value is -1.92. The largest absolute Gasteiger partial charge is 0.354 e. The molecule has 0 bridgehead atoms. The molecule has 0 aliphatic carbocycles. The van der Waals surface area contributed by atoms with E-state index in [1.807, 2.05) is 36.5 Å². The van der Waals surface area contributed by atoms with Crippen molar-refractivity contribution in [3.05, 3.63) is 58.2 Å². The Kier molecular flexibility index (Phi) is 5.48. The molecular weight excluding hydrogens is 368 g/mol. The summed E-state index contributed by atoms with van der Waals surface area (Å²) >= 11 is 3.40. The van der Waals surface area contributed by atoms with Gasteiger partial charge in [0.1, 0.15) is 5.82 Å². The summed E-state index contributed by atoms with van der Waals surface area (Å²) < 4.78 is 0.797. The Balaban J connectivity index is 1.57. The fraction of sp³-hybridized carbons (Fsp3) is 0.333. The van der Waals surface area contributed by atoms with E-state index in [4.69, 9.17) is 0 Å². The number of anilines is 1. The summed E-state index contributed by atoms with van der Waals surface area (Å²) in [7, 11) is 2.14. The molecule has 1 aromatic heterocycles. The second-order valence-corrected chi connectivity index (χ2v) is 6.83. The molecule has 1 N–H and O–H groups in total. The third-order valence-electron chi connectivity index (χ3n) is 4.21. The highest BCUT2D eigenvalue weighted by molar-refractivity contribution is 9.10. The van der Waals surface area contributed by atoms with Gasteiger partial charge in [0, 0.05) is 43.4 Å². The Morgan fingerprint density at radius 3 is 2.58 bits per heavy atom. The average molecular weight is 389 g/mol. The van der Waals surface area contributed by atoms with E-state index in [2.05, 4.69) is 43.1 Å². The number of nitrogens with one attached hydrogen (secondary N) is 1. The molecule has 1 saturated heterocycles. The van der Waals surface area contributed by atoms with E-state index in [-0.39, 0.29) is 5.91 Å². The first-order valence-corrected chi connectivity index (χ1v) is 8.84. The van der Waals surface area contributed by atoms with Gasteiger partial charge in [0.25, 0.3) is 5.91 Å². The van der Waals surface area contributed by atoms with E-state index in [1.54, 1.807) is 6.07 Å². The maximum absolute atomic E-state index is 12.2. The van der Waals surface area contributed by atoms with E-state index in [9.17, 15) is 4.79 Å². The number of piperazine rings is 1. The number of amides is 1. The van der Waals surface area contributed by atoms with Crippen molar-refractivity contribution in [2.45, 2.75) is 6.54 Å². The van der Waals surface area contributed by atoms with Crippen molar-refractivity contribution < 1.29 is 4.79 Å². The van der Waals surface area contributed by atoms with Gasteiger partial charge in [-0.25, -0.2) is 4.98 Å². The fourth-order valence-electron chi connectivity index (χ4n) is 2.67. The van der Waals surface area contributed by atoms with Crippen LogP contribution in [0.2, 0.25) is 0 Å². The van der Waals surface area contributed by atoms with Gasteiger partial charge in [-0.2, -0.15) is 0 Å².